The molecule has 0 aromatic carbocycles. The maximum absolute atomic E-state index is 12.1. The molecule has 2 aliphatic rings. The van der Waals surface area contributed by atoms with E-state index < -0.39 is 6.29 Å². The molecule has 0 saturated carbocycles. The number of amides is 2. The van der Waals surface area contributed by atoms with Crippen molar-refractivity contribution < 1.29 is 28.5 Å². The zero-order valence-corrected chi connectivity index (χ0v) is 13.2. The van der Waals surface area contributed by atoms with Gasteiger partial charge in [-0.25, -0.2) is 4.79 Å². The number of rotatable bonds is 5. The Morgan fingerprint density at radius 3 is 2.32 bits per heavy atom. The van der Waals surface area contributed by atoms with Crippen LogP contribution in [0.3, 0.4) is 0 Å². The minimum atomic E-state index is -0.891. The molecule has 22 heavy (non-hydrogen) atoms. The van der Waals surface area contributed by atoms with Gasteiger partial charge in [0.1, 0.15) is 6.61 Å². The van der Waals surface area contributed by atoms with E-state index in [1.54, 1.807) is 9.80 Å². The summed E-state index contributed by atoms with van der Waals surface area (Å²) in [6, 6.07) is 0. The van der Waals surface area contributed by atoms with Crippen LogP contribution < -0.4 is 0 Å². The molecule has 0 radical (unpaired) electrons. The van der Waals surface area contributed by atoms with Gasteiger partial charge in [-0.05, 0) is 12.8 Å². The third-order valence-electron chi connectivity index (χ3n) is 3.90. The van der Waals surface area contributed by atoms with E-state index in [4.69, 9.17) is 18.9 Å². The molecule has 2 amide bonds. The number of nitrogens with zero attached hydrogens (tertiary/aromatic N) is 2. The van der Waals surface area contributed by atoms with E-state index in [1.807, 2.05) is 0 Å². The van der Waals surface area contributed by atoms with Gasteiger partial charge in [-0.1, -0.05) is 0 Å². The van der Waals surface area contributed by atoms with Crippen LogP contribution in [-0.2, 0) is 23.7 Å². The average molecular weight is 316 g/mol. The van der Waals surface area contributed by atoms with Crippen LogP contribution in [-0.4, -0.2) is 87.8 Å². The van der Waals surface area contributed by atoms with Crippen LogP contribution in [0.2, 0.25) is 0 Å². The highest BCUT2D eigenvalue weighted by Crippen LogP contribution is 2.13. The van der Waals surface area contributed by atoms with Gasteiger partial charge in [-0.3, -0.25) is 4.79 Å². The van der Waals surface area contributed by atoms with Crippen molar-refractivity contribution in [1.82, 2.24) is 9.80 Å². The first-order valence-corrected chi connectivity index (χ1v) is 7.53. The molecule has 126 valence electrons. The van der Waals surface area contributed by atoms with Crippen molar-refractivity contribution in [3.63, 3.8) is 0 Å². The fourth-order valence-corrected chi connectivity index (χ4v) is 2.59. The Bertz CT molecular complexity index is 374. The number of ether oxygens (including phenoxy) is 4. The Morgan fingerprint density at radius 2 is 1.77 bits per heavy atom. The van der Waals surface area contributed by atoms with Gasteiger partial charge < -0.3 is 28.7 Å². The molecule has 1 unspecified atom stereocenters. The van der Waals surface area contributed by atoms with Crippen molar-refractivity contribution in [1.29, 1.82) is 0 Å². The maximum atomic E-state index is 12.1. The number of carbonyl (C=O) groups is 2. The summed E-state index contributed by atoms with van der Waals surface area (Å²) < 4.78 is 20.6. The van der Waals surface area contributed by atoms with Gasteiger partial charge in [0, 0.05) is 47.0 Å². The second kappa shape index (κ2) is 8.30. The first kappa shape index (κ1) is 17.0. The number of hydrogen-bond acceptors (Lipinski definition) is 6. The predicted octanol–water partition coefficient (Wildman–Crippen LogP) is 0.0651. The molecule has 2 rings (SSSR count). The van der Waals surface area contributed by atoms with Crippen molar-refractivity contribution >= 4 is 12.0 Å². The van der Waals surface area contributed by atoms with E-state index in [9.17, 15) is 9.59 Å². The van der Waals surface area contributed by atoms with Gasteiger partial charge in [0.15, 0.2) is 0 Å². The molecule has 0 N–H and O–H groups in total. The van der Waals surface area contributed by atoms with Gasteiger partial charge >= 0.3 is 6.09 Å². The van der Waals surface area contributed by atoms with Crippen LogP contribution >= 0.6 is 0 Å². The molecule has 0 aromatic rings. The lowest BCUT2D eigenvalue weighted by atomic mass is 10.2. The summed E-state index contributed by atoms with van der Waals surface area (Å²) in [6.45, 7) is 2.80. The molecule has 8 nitrogen and oxygen atoms in total. The molecule has 1 atom stereocenters. The van der Waals surface area contributed by atoms with E-state index in [-0.39, 0.29) is 18.1 Å². The lowest BCUT2D eigenvalue weighted by molar-refractivity contribution is -0.171. The summed E-state index contributed by atoms with van der Waals surface area (Å²) in [5.41, 5.74) is 0. The highest BCUT2D eigenvalue weighted by molar-refractivity contribution is 5.80. The normalized spacial score (nSPS) is 22.2. The van der Waals surface area contributed by atoms with Crippen molar-refractivity contribution in [3.05, 3.63) is 0 Å². The van der Waals surface area contributed by atoms with Crippen LogP contribution in [0.5, 0.6) is 0 Å². The molecule has 8 heteroatoms. The van der Waals surface area contributed by atoms with Gasteiger partial charge in [-0.15, -0.1) is 0 Å². The first-order valence-electron chi connectivity index (χ1n) is 7.53. The molecule has 0 spiro atoms. The van der Waals surface area contributed by atoms with Crippen molar-refractivity contribution in [3.8, 4) is 0 Å². The van der Waals surface area contributed by atoms with Gasteiger partial charge in [0.2, 0.25) is 6.29 Å². The maximum Gasteiger partial charge on any atom is 0.409 e. The molecule has 2 fully saturated rings. The second-order valence-electron chi connectivity index (χ2n) is 5.33. The molecule has 0 bridgehead atoms. The number of methoxy groups -OCH3 is 2. The molecule has 0 aromatic heterocycles. The van der Waals surface area contributed by atoms with Crippen molar-refractivity contribution in [2.24, 2.45) is 0 Å². The van der Waals surface area contributed by atoms with Crippen molar-refractivity contribution in [2.45, 2.75) is 25.2 Å². The Kier molecular flexibility index (Phi) is 6.41. The summed E-state index contributed by atoms with van der Waals surface area (Å²) in [5, 5.41) is 0. The minimum Gasteiger partial charge on any atom is -0.447 e. The van der Waals surface area contributed by atoms with E-state index in [0.717, 1.165) is 19.4 Å². The van der Waals surface area contributed by atoms with Crippen LogP contribution in [0.25, 0.3) is 0 Å². The number of piperazine rings is 1. The van der Waals surface area contributed by atoms with Crippen LogP contribution in [0, 0.1) is 0 Å². The Hall–Kier alpha value is -1.38. The van der Waals surface area contributed by atoms with E-state index in [2.05, 4.69) is 0 Å². The smallest absolute Gasteiger partial charge is 0.409 e. The SMILES string of the molecule is COC(OC)C(=O)N1CCN(C(=O)OCC2CCCO2)CC1. The molecule has 2 saturated heterocycles. The van der Waals surface area contributed by atoms with Gasteiger partial charge in [-0.2, -0.15) is 0 Å². The monoisotopic (exact) mass is 316 g/mol. The quantitative estimate of drug-likeness (QED) is 0.668. The zero-order chi connectivity index (χ0) is 15.9. The lowest BCUT2D eigenvalue weighted by Gasteiger charge is -2.35. The average Bonchev–Trinajstić information content (AvgIpc) is 3.07. The zero-order valence-electron chi connectivity index (χ0n) is 13.2. The van der Waals surface area contributed by atoms with Gasteiger partial charge in [0.25, 0.3) is 5.91 Å². The van der Waals surface area contributed by atoms with Gasteiger partial charge in [0.05, 0.1) is 6.10 Å². The van der Waals surface area contributed by atoms with E-state index in [0.29, 0.717) is 32.8 Å². The molecule has 2 aliphatic heterocycles. The third-order valence-corrected chi connectivity index (χ3v) is 3.90. The first-order chi connectivity index (χ1) is 10.7. The Labute approximate surface area is 130 Å². The summed E-state index contributed by atoms with van der Waals surface area (Å²) in [5.74, 6) is -0.225. The van der Waals surface area contributed by atoms with Crippen LogP contribution in [0.15, 0.2) is 0 Å². The summed E-state index contributed by atoms with van der Waals surface area (Å²) in [6.07, 6.45) is 0.736. The van der Waals surface area contributed by atoms with E-state index >= 15 is 0 Å². The Balaban J connectivity index is 1.71. The summed E-state index contributed by atoms with van der Waals surface area (Å²) >= 11 is 0. The summed E-state index contributed by atoms with van der Waals surface area (Å²) in [4.78, 5) is 27.3. The topological polar surface area (TPSA) is 77.5 Å². The minimum absolute atomic E-state index is 0.0241. The summed E-state index contributed by atoms with van der Waals surface area (Å²) in [7, 11) is 2.84. The number of hydrogen-bond donors (Lipinski definition) is 0. The molecule has 0 aliphatic carbocycles. The largest absolute Gasteiger partial charge is 0.447 e. The predicted molar refractivity (Wildman–Crippen MR) is 76.3 cm³/mol. The molecular formula is C14H24N2O6. The fourth-order valence-electron chi connectivity index (χ4n) is 2.59. The molecular weight excluding hydrogens is 292 g/mol. The standard InChI is InChI=1S/C14H24N2O6/c1-19-13(20-2)12(17)15-5-7-16(8-6-15)14(18)22-10-11-4-3-9-21-11/h11,13H,3-10H2,1-2H3. The van der Waals surface area contributed by atoms with Crippen LogP contribution in [0.4, 0.5) is 4.79 Å². The van der Waals surface area contributed by atoms with Crippen LogP contribution in [0.1, 0.15) is 12.8 Å². The van der Waals surface area contributed by atoms with Crippen molar-refractivity contribution in [2.75, 3.05) is 53.6 Å². The molecule has 2 heterocycles. The fraction of sp³-hybridized carbons (Fsp3) is 0.857. The highest BCUT2D eigenvalue weighted by atomic mass is 16.7. The third kappa shape index (κ3) is 4.31. The number of carbonyl (C=O) groups excluding carboxylic acids is 2. The Morgan fingerprint density at radius 1 is 1.14 bits per heavy atom. The lowest BCUT2D eigenvalue weighted by Crippen LogP contribution is -2.53. The van der Waals surface area contributed by atoms with E-state index in [1.165, 1.54) is 14.2 Å². The second-order valence-corrected chi connectivity index (χ2v) is 5.33. The highest BCUT2D eigenvalue weighted by Gasteiger charge is 2.30.